The summed E-state index contributed by atoms with van der Waals surface area (Å²) in [6.07, 6.45) is 0.246. The molecule has 0 bridgehead atoms. The molecular weight excluding hydrogens is 382 g/mol. The number of rotatable bonds is 5. The predicted molar refractivity (Wildman–Crippen MR) is 110 cm³/mol. The van der Waals surface area contributed by atoms with Crippen molar-refractivity contribution in [2.45, 2.75) is 13.3 Å². The third-order valence-corrected chi connectivity index (χ3v) is 6.38. The van der Waals surface area contributed by atoms with Gasteiger partial charge >= 0.3 is 0 Å². The topological polar surface area (TPSA) is 54.9 Å². The first-order valence-electron chi connectivity index (χ1n) is 7.99. The van der Waals surface area contributed by atoms with Crippen molar-refractivity contribution in [3.05, 3.63) is 63.8 Å². The Morgan fingerprint density at radius 3 is 2.65 bits per heavy atom. The Bertz CT molecular complexity index is 1030. The first-order valence-corrected chi connectivity index (χ1v) is 10.6. The molecule has 0 aliphatic carbocycles. The van der Waals surface area contributed by atoms with E-state index in [1.165, 1.54) is 16.2 Å². The molecule has 0 atom stereocenters. The molecule has 0 spiro atoms. The van der Waals surface area contributed by atoms with Crippen LogP contribution in [-0.4, -0.2) is 15.9 Å². The number of hydrogen-bond donors (Lipinski definition) is 1. The van der Waals surface area contributed by atoms with E-state index < -0.39 is 0 Å². The molecule has 0 unspecified atom stereocenters. The smallest absolute Gasteiger partial charge is 0.232 e. The first-order chi connectivity index (χ1) is 12.7. The van der Waals surface area contributed by atoms with E-state index in [0.717, 1.165) is 26.8 Å². The first kappa shape index (κ1) is 17.1. The number of carbonyl (C=O) groups is 1. The monoisotopic (exact) mass is 397 g/mol. The number of aryl methyl sites for hydroxylation is 1. The van der Waals surface area contributed by atoms with Gasteiger partial charge in [-0.1, -0.05) is 30.3 Å². The minimum atomic E-state index is -0.0989. The third-order valence-electron chi connectivity index (χ3n) is 3.66. The summed E-state index contributed by atoms with van der Waals surface area (Å²) in [5, 5.41) is 8.33. The van der Waals surface area contributed by atoms with Crippen LogP contribution < -0.4 is 5.32 Å². The van der Waals surface area contributed by atoms with E-state index in [4.69, 9.17) is 0 Å². The molecular formula is C19H15N3OS3. The van der Waals surface area contributed by atoms with Crippen LogP contribution in [0.25, 0.3) is 21.1 Å². The second-order valence-electron chi connectivity index (χ2n) is 5.68. The van der Waals surface area contributed by atoms with Gasteiger partial charge in [0.15, 0.2) is 5.13 Å². The molecule has 4 rings (SSSR count). The van der Waals surface area contributed by atoms with Gasteiger partial charge in [-0.15, -0.1) is 34.0 Å². The van der Waals surface area contributed by atoms with Gasteiger partial charge in [0.05, 0.1) is 22.7 Å². The van der Waals surface area contributed by atoms with Gasteiger partial charge in [0.1, 0.15) is 5.01 Å². The van der Waals surface area contributed by atoms with Crippen molar-refractivity contribution >= 4 is 45.0 Å². The van der Waals surface area contributed by atoms with Gasteiger partial charge in [-0.3, -0.25) is 4.79 Å². The number of amides is 1. The SMILES string of the molecule is Cc1ccc(-c2csc(NC(=O)Cc3csc(-c4ccccc4)n3)n2)s1. The predicted octanol–water partition coefficient (Wildman–Crippen LogP) is 5.48. The van der Waals surface area contributed by atoms with Crippen LogP contribution in [0, 0.1) is 6.92 Å². The molecule has 130 valence electrons. The molecule has 26 heavy (non-hydrogen) atoms. The molecule has 0 saturated heterocycles. The number of thiophene rings is 1. The average molecular weight is 398 g/mol. The summed E-state index contributed by atoms with van der Waals surface area (Å²) in [5.74, 6) is -0.0989. The van der Waals surface area contributed by atoms with Crippen LogP contribution in [0.5, 0.6) is 0 Å². The van der Waals surface area contributed by atoms with Crippen LogP contribution in [0.3, 0.4) is 0 Å². The van der Waals surface area contributed by atoms with E-state index in [1.807, 2.05) is 41.1 Å². The zero-order valence-corrected chi connectivity index (χ0v) is 16.4. The highest BCUT2D eigenvalue weighted by Gasteiger charge is 2.12. The van der Waals surface area contributed by atoms with E-state index in [0.29, 0.717) is 5.13 Å². The standard InChI is InChI=1S/C19H15N3OS3/c1-12-7-8-16(26-12)15-11-25-19(21-15)22-17(23)9-14-10-24-18(20-14)13-5-3-2-4-6-13/h2-8,10-11H,9H2,1H3,(H,21,22,23). The number of thiazole rings is 2. The van der Waals surface area contributed by atoms with Crippen molar-refractivity contribution in [2.75, 3.05) is 5.32 Å². The number of hydrogen-bond acceptors (Lipinski definition) is 6. The van der Waals surface area contributed by atoms with Crippen LogP contribution in [0.1, 0.15) is 10.6 Å². The van der Waals surface area contributed by atoms with Crippen LogP contribution in [0.2, 0.25) is 0 Å². The molecule has 4 nitrogen and oxygen atoms in total. The van der Waals surface area contributed by atoms with Gasteiger partial charge in [0.25, 0.3) is 0 Å². The maximum absolute atomic E-state index is 12.3. The van der Waals surface area contributed by atoms with Crippen LogP contribution in [0.15, 0.2) is 53.2 Å². The molecule has 1 amide bonds. The fourth-order valence-corrected chi connectivity index (χ4v) is 4.90. The lowest BCUT2D eigenvalue weighted by atomic mass is 10.2. The second kappa shape index (κ2) is 7.49. The van der Waals surface area contributed by atoms with E-state index in [-0.39, 0.29) is 12.3 Å². The molecule has 0 fully saturated rings. The highest BCUT2D eigenvalue weighted by molar-refractivity contribution is 7.17. The molecule has 0 saturated carbocycles. The average Bonchev–Trinajstić information content (AvgIpc) is 3.37. The minimum absolute atomic E-state index is 0.0989. The van der Waals surface area contributed by atoms with Gasteiger partial charge in [-0.2, -0.15) is 0 Å². The van der Waals surface area contributed by atoms with Crippen molar-refractivity contribution < 1.29 is 4.79 Å². The van der Waals surface area contributed by atoms with Crippen molar-refractivity contribution in [3.8, 4) is 21.1 Å². The van der Waals surface area contributed by atoms with Gasteiger partial charge in [-0.25, -0.2) is 9.97 Å². The van der Waals surface area contributed by atoms with Crippen LogP contribution in [-0.2, 0) is 11.2 Å². The molecule has 0 radical (unpaired) electrons. The Morgan fingerprint density at radius 2 is 1.88 bits per heavy atom. The number of nitrogens with one attached hydrogen (secondary N) is 1. The summed E-state index contributed by atoms with van der Waals surface area (Å²) < 4.78 is 0. The number of nitrogens with zero attached hydrogens (tertiary/aromatic N) is 2. The fraction of sp³-hybridized carbons (Fsp3) is 0.105. The maximum atomic E-state index is 12.3. The summed E-state index contributed by atoms with van der Waals surface area (Å²) in [6.45, 7) is 2.07. The van der Waals surface area contributed by atoms with Crippen molar-refractivity contribution in [3.63, 3.8) is 0 Å². The molecule has 0 aliphatic rings. The molecule has 3 aromatic heterocycles. The molecule has 1 aromatic carbocycles. The summed E-state index contributed by atoms with van der Waals surface area (Å²) in [4.78, 5) is 23.7. The Kier molecular flexibility index (Phi) is 4.92. The van der Waals surface area contributed by atoms with E-state index in [2.05, 4.69) is 34.3 Å². The van der Waals surface area contributed by atoms with E-state index in [1.54, 1.807) is 22.7 Å². The number of anilines is 1. The highest BCUT2D eigenvalue weighted by atomic mass is 32.1. The Balaban J connectivity index is 1.40. The van der Waals surface area contributed by atoms with E-state index >= 15 is 0 Å². The Labute approximate surface area is 163 Å². The lowest BCUT2D eigenvalue weighted by Crippen LogP contribution is -2.14. The zero-order valence-electron chi connectivity index (χ0n) is 13.9. The lowest BCUT2D eigenvalue weighted by Gasteiger charge is -1.99. The quantitative estimate of drug-likeness (QED) is 0.485. The largest absolute Gasteiger partial charge is 0.302 e. The summed E-state index contributed by atoms with van der Waals surface area (Å²) in [7, 11) is 0. The van der Waals surface area contributed by atoms with Crippen molar-refractivity contribution in [1.29, 1.82) is 0 Å². The van der Waals surface area contributed by atoms with Gasteiger partial charge < -0.3 is 5.32 Å². The molecule has 3 heterocycles. The number of aromatic nitrogens is 2. The Hall–Kier alpha value is -2.35. The zero-order chi connectivity index (χ0) is 17.9. The third kappa shape index (κ3) is 3.90. The van der Waals surface area contributed by atoms with Crippen molar-refractivity contribution in [1.82, 2.24) is 9.97 Å². The minimum Gasteiger partial charge on any atom is -0.302 e. The lowest BCUT2D eigenvalue weighted by molar-refractivity contribution is -0.115. The molecule has 4 aromatic rings. The van der Waals surface area contributed by atoms with Gasteiger partial charge in [-0.05, 0) is 19.1 Å². The van der Waals surface area contributed by atoms with E-state index in [9.17, 15) is 4.79 Å². The molecule has 1 N–H and O–H groups in total. The van der Waals surface area contributed by atoms with Crippen LogP contribution >= 0.6 is 34.0 Å². The number of benzene rings is 1. The molecule has 0 aliphatic heterocycles. The second-order valence-corrected chi connectivity index (χ2v) is 8.69. The fourth-order valence-electron chi connectivity index (χ4n) is 2.45. The summed E-state index contributed by atoms with van der Waals surface area (Å²) >= 11 is 4.69. The molecule has 7 heteroatoms. The van der Waals surface area contributed by atoms with Crippen molar-refractivity contribution in [2.24, 2.45) is 0 Å². The van der Waals surface area contributed by atoms with Crippen LogP contribution in [0.4, 0.5) is 5.13 Å². The highest BCUT2D eigenvalue weighted by Crippen LogP contribution is 2.30. The number of carbonyl (C=O) groups excluding carboxylic acids is 1. The maximum Gasteiger partial charge on any atom is 0.232 e. The Morgan fingerprint density at radius 1 is 1.04 bits per heavy atom. The summed E-state index contributed by atoms with van der Waals surface area (Å²) in [5.41, 5.74) is 2.75. The summed E-state index contributed by atoms with van der Waals surface area (Å²) in [6, 6.07) is 14.1. The normalized spacial score (nSPS) is 10.8. The van der Waals surface area contributed by atoms with Gasteiger partial charge in [0.2, 0.25) is 5.91 Å². The van der Waals surface area contributed by atoms with Gasteiger partial charge in [0, 0.05) is 21.2 Å².